The number of cyclic esters (lactones) is 2. The molecule has 0 aromatic heterocycles. The lowest BCUT2D eigenvalue weighted by molar-refractivity contribution is -0.385. The molecule has 2 aromatic carbocycles. The van der Waals surface area contributed by atoms with E-state index in [1.54, 1.807) is 0 Å². The molecule has 1 saturated heterocycles. The average Bonchev–Trinajstić information content (AvgIpc) is 2.73. The predicted molar refractivity (Wildman–Crippen MR) is 123 cm³/mol. The zero-order valence-corrected chi connectivity index (χ0v) is 20.5. The zero-order chi connectivity index (χ0) is 27.1. The van der Waals surface area contributed by atoms with Gasteiger partial charge in [0.15, 0.2) is 5.57 Å². The van der Waals surface area contributed by atoms with Gasteiger partial charge in [0.05, 0.1) is 20.4 Å². The van der Waals surface area contributed by atoms with E-state index in [0.29, 0.717) is 0 Å². The van der Waals surface area contributed by atoms with Crippen molar-refractivity contribution in [2.24, 2.45) is 0 Å². The summed E-state index contributed by atoms with van der Waals surface area (Å²) in [5.41, 5.74) is -1.44. The summed E-state index contributed by atoms with van der Waals surface area (Å²) in [5, 5.41) is 13.5. The summed E-state index contributed by atoms with van der Waals surface area (Å²) < 4.78 is 70.9. The summed E-state index contributed by atoms with van der Waals surface area (Å²) in [5.74, 6) is -3.55. The number of sulfonamides is 1. The van der Waals surface area contributed by atoms with Crippen molar-refractivity contribution in [3.63, 3.8) is 0 Å². The fraction of sp³-hybridized carbons (Fsp3) is 0.200. The van der Waals surface area contributed by atoms with Crippen LogP contribution in [0.15, 0.2) is 58.0 Å². The number of nitrogens with one attached hydrogen (secondary N) is 2. The summed E-state index contributed by atoms with van der Waals surface area (Å²) in [6.45, 7) is 4.04. The summed E-state index contributed by atoms with van der Waals surface area (Å²) in [6.07, 6.45) is 0.870. The zero-order valence-electron chi connectivity index (χ0n) is 18.8. The van der Waals surface area contributed by atoms with Gasteiger partial charge in [0.1, 0.15) is 0 Å². The van der Waals surface area contributed by atoms with Gasteiger partial charge in [-0.15, -0.1) is 0 Å². The van der Waals surface area contributed by atoms with Gasteiger partial charge < -0.3 is 14.8 Å². The van der Waals surface area contributed by atoms with Crippen molar-refractivity contribution in [2.75, 3.05) is 10.0 Å². The second-order valence-corrected chi connectivity index (χ2v) is 11.0. The maximum absolute atomic E-state index is 12.9. The molecular weight excluding hydrogens is 522 g/mol. The van der Waals surface area contributed by atoms with E-state index in [1.165, 1.54) is 20.8 Å². The van der Waals surface area contributed by atoms with Crippen LogP contribution in [0.3, 0.4) is 0 Å². The van der Waals surface area contributed by atoms with Crippen LogP contribution in [-0.2, 0) is 39.2 Å². The van der Waals surface area contributed by atoms with Crippen LogP contribution in [-0.4, -0.2) is 44.0 Å². The summed E-state index contributed by atoms with van der Waals surface area (Å²) in [4.78, 5) is 33.2. The molecule has 1 aliphatic heterocycles. The quantitative estimate of drug-likeness (QED) is 0.115. The van der Waals surface area contributed by atoms with E-state index in [9.17, 15) is 41.1 Å². The summed E-state index contributed by atoms with van der Waals surface area (Å²) in [7, 11) is -9.31. The Morgan fingerprint density at radius 3 is 2.14 bits per heavy atom. The van der Waals surface area contributed by atoms with Crippen LogP contribution < -0.4 is 10.0 Å². The molecule has 0 radical (unpaired) electrons. The average molecular weight is 542 g/mol. The van der Waals surface area contributed by atoms with Crippen LogP contribution in [0.1, 0.15) is 19.4 Å². The highest BCUT2D eigenvalue weighted by Crippen LogP contribution is 2.31. The third-order valence-electron chi connectivity index (χ3n) is 4.75. The minimum Gasteiger partial charge on any atom is -0.419 e. The van der Waals surface area contributed by atoms with Gasteiger partial charge in [0, 0.05) is 37.9 Å². The largest absolute Gasteiger partial charge is 0.419 e. The Balaban J connectivity index is 2.04. The Hall–Kier alpha value is -4.02. The number of hydrogen-bond acceptors (Lipinski definition) is 11. The van der Waals surface area contributed by atoms with Crippen molar-refractivity contribution in [3.8, 4) is 0 Å². The summed E-state index contributed by atoms with van der Waals surface area (Å²) in [6, 6.07) is 5.87. The Labute approximate surface area is 204 Å². The number of ether oxygens (including phenoxy) is 2. The van der Waals surface area contributed by atoms with E-state index in [1.807, 2.05) is 0 Å². The molecule has 0 unspecified atom stereocenters. The van der Waals surface area contributed by atoms with Crippen LogP contribution in [0.25, 0.3) is 0 Å². The Morgan fingerprint density at radius 2 is 1.58 bits per heavy atom. The van der Waals surface area contributed by atoms with Gasteiger partial charge in [-0.1, -0.05) is 6.07 Å². The van der Waals surface area contributed by atoms with Crippen molar-refractivity contribution in [2.45, 2.75) is 36.3 Å². The molecule has 3 rings (SSSR count). The summed E-state index contributed by atoms with van der Waals surface area (Å²) >= 11 is 0. The monoisotopic (exact) mass is 541 g/mol. The molecule has 0 amide bonds. The third-order valence-corrected chi connectivity index (χ3v) is 6.95. The molecule has 1 heterocycles. The lowest BCUT2D eigenvalue weighted by Gasteiger charge is -2.29. The molecule has 0 atom stereocenters. The molecule has 1 fully saturated rings. The molecule has 0 saturated carbocycles. The molecule has 2 aromatic rings. The number of nitro groups is 1. The van der Waals surface area contributed by atoms with Gasteiger partial charge in [-0.05, 0) is 30.7 Å². The number of nitrogens with zero attached hydrogens (tertiary/aromatic N) is 1. The van der Waals surface area contributed by atoms with Crippen molar-refractivity contribution >= 4 is 49.1 Å². The smallest absolute Gasteiger partial charge is 0.350 e. The SMILES string of the molecule is Cc1c(NC=C2C(=O)OC(C)(C)OC2=O)cc(S(=O)(=O)O)cc1NS(=O)(=O)c1cccc([N+](=O)[O-])c1. The van der Waals surface area contributed by atoms with Crippen LogP contribution in [0.5, 0.6) is 0 Å². The van der Waals surface area contributed by atoms with E-state index in [0.717, 1.165) is 42.6 Å². The fourth-order valence-corrected chi connectivity index (χ4v) is 4.68. The predicted octanol–water partition coefficient (Wildman–Crippen LogP) is 2.08. The fourth-order valence-electron chi connectivity index (χ4n) is 2.99. The second kappa shape index (κ2) is 9.21. The number of carbonyl (C=O) groups is 2. The number of nitro benzene ring substituents is 1. The molecule has 0 aliphatic carbocycles. The minimum atomic E-state index is -4.85. The van der Waals surface area contributed by atoms with Crippen molar-refractivity contribution in [1.82, 2.24) is 0 Å². The molecule has 16 heteroatoms. The Kier molecular flexibility index (Phi) is 6.80. The van der Waals surface area contributed by atoms with Crippen LogP contribution in [0, 0.1) is 17.0 Å². The van der Waals surface area contributed by atoms with Crippen molar-refractivity contribution in [3.05, 3.63) is 63.8 Å². The van der Waals surface area contributed by atoms with Gasteiger partial charge in [-0.3, -0.25) is 19.4 Å². The molecule has 3 N–H and O–H groups in total. The second-order valence-electron chi connectivity index (χ2n) is 7.86. The van der Waals surface area contributed by atoms with E-state index < -0.39 is 63.8 Å². The first kappa shape index (κ1) is 26.6. The molecule has 0 spiro atoms. The number of rotatable bonds is 7. The third kappa shape index (κ3) is 5.78. The molecule has 192 valence electrons. The van der Waals surface area contributed by atoms with Gasteiger partial charge >= 0.3 is 11.9 Å². The molecular formula is C20H19N3O11S2. The first-order valence-electron chi connectivity index (χ1n) is 9.83. The molecule has 36 heavy (non-hydrogen) atoms. The minimum absolute atomic E-state index is 0.0751. The highest BCUT2D eigenvalue weighted by atomic mass is 32.2. The maximum Gasteiger partial charge on any atom is 0.350 e. The molecule has 1 aliphatic rings. The highest BCUT2D eigenvalue weighted by molar-refractivity contribution is 7.92. The van der Waals surface area contributed by atoms with Crippen LogP contribution in [0.2, 0.25) is 0 Å². The van der Waals surface area contributed by atoms with E-state index >= 15 is 0 Å². The van der Waals surface area contributed by atoms with Crippen LogP contribution in [0.4, 0.5) is 17.1 Å². The van der Waals surface area contributed by atoms with E-state index in [4.69, 9.17) is 9.47 Å². The maximum atomic E-state index is 12.9. The lowest BCUT2D eigenvalue weighted by atomic mass is 10.1. The van der Waals surface area contributed by atoms with Gasteiger partial charge in [0.2, 0.25) is 0 Å². The van der Waals surface area contributed by atoms with E-state index in [-0.39, 0.29) is 16.9 Å². The van der Waals surface area contributed by atoms with Crippen molar-refractivity contribution < 1.29 is 45.4 Å². The standard InChI is InChI=1S/C20H19N3O11S2/c1-11-16(21-10-15-18(24)33-20(2,3)34-19(15)25)8-14(36(30,31)32)9-17(11)22-35(28,29)13-6-4-5-12(7-13)23(26)27/h4-10,21-22H,1-3H3,(H,30,31,32). The van der Waals surface area contributed by atoms with E-state index in [2.05, 4.69) is 10.0 Å². The number of non-ortho nitro benzene ring substituents is 1. The highest BCUT2D eigenvalue weighted by Gasteiger charge is 2.39. The first-order chi connectivity index (χ1) is 16.5. The van der Waals surface area contributed by atoms with Gasteiger partial charge in [0.25, 0.3) is 31.6 Å². The number of esters is 2. The topological polar surface area (TPSA) is 208 Å². The number of anilines is 2. The Bertz CT molecular complexity index is 1510. The lowest BCUT2D eigenvalue weighted by Crippen LogP contribution is -2.42. The Morgan fingerprint density at radius 1 is 1.00 bits per heavy atom. The van der Waals surface area contributed by atoms with Gasteiger partial charge in [-0.25, -0.2) is 18.0 Å². The molecule has 14 nitrogen and oxygen atoms in total. The number of carbonyl (C=O) groups excluding carboxylic acids is 2. The number of hydrogen-bond donors (Lipinski definition) is 3. The molecule has 0 bridgehead atoms. The number of benzene rings is 2. The van der Waals surface area contributed by atoms with Gasteiger partial charge in [-0.2, -0.15) is 8.42 Å². The first-order valence-corrected chi connectivity index (χ1v) is 12.8. The van der Waals surface area contributed by atoms with Crippen LogP contribution >= 0.6 is 0 Å². The normalized spacial score (nSPS) is 15.5. The van der Waals surface area contributed by atoms with Crippen molar-refractivity contribution in [1.29, 1.82) is 0 Å².